The second-order valence-electron chi connectivity index (χ2n) is 7.31. The summed E-state index contributed by atoms with van der Waals surface area (Å²) in [4.78, 5) is 4.64. The third kappa shape index (κ3) is 4.17. The van der Waals surface area contributed by atoms with Crippen molar-refractivity contribution < 1.29 is 10.2 Å². The normalized spacial score (nSPS) is 31.6. The Hall–Kier alpha value is -0.160. The van der Waals surface area contributed by atoms with E-state index in [1.807, 2.05) is 0 Å². The van der Waals surface area contributed by atoms with E-state index in [9.17, 15) is 10.2 Å². The highest BCUT2D eigenvalue weighted by molar-refractivity contribution is 4.92. The molecule has 2 unspecified atom stereocenters. The van der Waals surface area contributed by atoms with Crippen LogP contribution >= 0.6 is 0 Å². The number of likely N-dealkylation sites (N-methyl/N-ethyl adjacent to an activating group) is 1. The number of likely N-dealkylation sites (tertiary alicyclic amines) is 1. The Morgan fingerprint density at radius 1 is 1.15 bits per heavy atom. The maximum Gasteiger partial charge on any atom is 0.0682 e. The average molecular weight is 284 g/mol. The highest BCUT2D eigenvalue weighted by atomic mass is 16.3. The van der Waals surface area contributed by atoms with E-state index in [2.05, 4.69) is 23.9 Å². The van der Waals surface area contributed by atoms with Crippen molar-refractivity contribution in [3.8, 4) is 0 Å². The molecule has 118 valence electrons. The van der Waals surface area contributed by atoms with Crippen molar-refractivity contribution in [2.24, 2.45) is 5.41 Å². The number of hydrogen-bond acceptors (Lipinski definition) is 4. The highest BCUT2D eigenvalue weighted by Gasteiger charge is 2.38. The summed E-state index contributed by atoms with van der Waals surface area (Å²) in [6.07, 6.45) is 8.08. The van der Waals surface area contributed by atoms with Gasteiger partial charge in [0.15, 0.2) is 0 Å². The smallest absolute Gasteiger partial charge is 0.0682 e. The van der Waals surface area contributed by atoms with E-state index in [-0.39, 0.29) is 11.5 Å². The van der Waals surface area contributed by atoms with Crippen molar-refractivity contribution in [1.29, 1.82) is 0 Å². The van der Waals surface area contributed by atoms with Crippen molar-refractivity contribution in [3.05, 3.63) is 0 Å². The van der Waals surface area contributed by atoms with Gasteiger partial charge in [-0.15, -0.1) is 0 Å². The summed E-state index contributed by atoms with van der Waals surface area (Å²) in [5, 5.41) is 20.0. The van der Waals surface area contributed by atoms with Crippen molar-refractivity contribution in [1.82, 2.24) is 9.80 Å². The van der Waals surface area contributed by atoms with Crippen LogP contribution in [-0.4, -0.2) is 72.5 Å². The van der Waals surface area contributed by atoms with Crippen molar-refractivity contribution in [2.75, 3.05) is 40.3 Å². The highest BCUT2D eigenvalue weighted by Crippen LogP contribution is 2.37. The van der Waals surface area contributed by atoms with Crippen LogP contribution in [0.3, 0.4) is 0 Å². The molecule has 0 bridgehead atoms. The summed E-state index contributed by atoms with van der Waals surface area (Å²) in [6.45, 7) is 3.03. The molecule has 1 saturated carbocycles. The Bertz CT molecular complexity index is 288. The lowest BCUT2D eigenvalue weighted by Gasteiger charge is -2.38. The third-order valence-corrected chi connectivity index (χ3v) is 5.12. The molecule has 20 heavy (non-hydrogen) atoms. The molecule has 1 aliphatic heterocycles. The Balaban J connectivity index is 2.00. The van der Waals surface area contributed by atoms with Gasteiger partial charge < -0.3 is 15.1 Å². The van der Waals surface area contributed by atoms with Crippen LogP contribution in [0.5, 0.6) is 0 Å². The molecule has 0 radical (unpaired) electrons. The number of hydrogen-bond donors (Lipinski definition) is 2. The molecule has 4 heteroatoms. The Morgan fingerprint density at radius 2 is 1.80 bits per heavy atom. The molecule has 2 atom stereocenters. The zero-order valence-corrected chi connectivity index (χ0v) is 13.2. The monoisotopic (exact) mass is 284 g/mol. The minimum atomic E-state index is -0.193. The maximum atomic E-state index is 10.0. The Labute approximate surface area is 123 Å². The van der Waals surface area contributed by atoms with Gasteiger partial charge in [-0.05, 0) is 33.4 Å². The second kappa shape index (κ2) is 7.21. The zero-order valence-electron chi connectivity index (χ0n) is 13.2. The van der Waals surface area contributed by atoms with Gasteiger partial charge in [0.1, 0.15) is 0 Å². The van der Waals surface area contributed by atoms with Gasteiger partial charge in [-0.2, -0.15) is 0 Å². The molecule has 1 saturated heterocycles. The fourth-order valence-electron chi connectivity index (χ4n) is 4.04. The van der Waals surface area contributed by atoms with Crippen LogP contribution in [0.15, 0.2) is 0 Å². The summed E-state index contributed by atoms with van der Waals surface area (Å²) >= 11 is 0. The summed E-state index contributed by atoms with van der Waals surface area (Å²) in [6, 6.07) is 0.437. The predicted octanol–water partition coefficient (Wildman–Crippen LogP) is 1.32. The van der Waals surface area contributed by atoms with Crippen molar-refractivity contribution >= 4 is 0 Å². The molecular formula is C16H32N2O2. The molecule has 2 aliphatic rings. The minimum absolute atomic E-state index is 0.0745. The molecule has 4 nitrogen and oxygen atoms in total. The summed E-state index contributed by atoms with van der Waals surface area (Å²) in [5.41, 5.74) is 0.0745. The number of aliphatic hydroxyl groups is 2. The predicted molar refractivity (Wildman–Crippen MR) is 81.8 cm³/mol. The molecular weight excluding hydrogens is 252 g/mol. The topological polar surface area (TPSA) is 46.9 Å². The van der Waals surface area contributed by atoms with Crippen LogP contribution in [0.25, 0.3) is 0 Å². The summed E-state index contributed by atoms with van der Waals surface area (Å²) < 4.78 is 0. The van der Waals surface area contributed by atoms with Crippen LogP contribution in [-0.2, 0) is 0 Å². The molecule has 0 spiro atoms. The quantitative estimate of drug-likeness (QED) is 0.748. The molecule has 0 aromatic rings. The molecule has 0 aromatic carbocycles. The van der Waals surface area contributed by atoms with Crippen molar-refractivity contribution in [2.45, 2.75) is 57.1 Å². The van der Waals surface area contributed by atoms with Crippen LogP contribution in [0.1, 0.15) is 44.9 Å². The molecule has 2 N–H and O–H groups in total. The SMILES string of the molecule is CN(C)CC1CC(O)CN1CC1(CO)CCCCCC1. The lowest BCUT2D eigenvalue weighted by molar-refractivity contribution is 0.0469. The molecule has 0 amide bonds. The van der Waals surface area contributed by atoms with Crippen molar-refractivity contribution in [3.63, 3.8) is 0 Å². The van der Waals surface area contributed by atoms with Gasteiger partial charge in [0.25, 0.3) is 0 Å². The second-order valence-corrected chi connectivity index (χ2v) is 7.31. The number of rotatable bonds is 5. The zero-order chi connectivity index (χ0) is 14.6. The molecule has 1 heterocycles. The largest absolute Gasteiger partial charge is 0.396 e. The van der Waals surface area contributed by atoms with Crippen LogP contribution in [0, 0.1) is 5.41 Å². The third-order valence-electron chi connectivity index (χ3n) is 5.12. The van der Waals surface area contributed by atoms with E-state index in [4.69, 9.17) is 0 Å². The Morgan fingerprint density at radius 3 is 2.35 bits per heavy atom. The summed E-state index contributed by atoms with van der Waals surface area (Å²) in [5.74, 6) is 0. The fraction of sp³-hybridized carbons (Fsp3) is 1.00. The first-order chi connectivity index (χ1) is 9.54. The molecule has 2 fully saturated rings. The molecule has 1 aliphatic carbocycles. The maximum absolute atomic E-state index is 10.0. The van der Waals surface area contributed by atoms with Crippen LogP contribution in [0.2, 0.25) is 0 Å². The summed E-state index contributed by atoms with van der Waals surface area (Å²) in [7, 11) is 4.19. The van der Waals surface area contributed by atoms with Gasteiger partial charge in [0, 0.05) is 37.7 Å². The van der Waals surface area contributed by atoms with E-state index in [1.54, 1.807) is 0 Å². The van der Waals surface area contributed by atoms with E-state index < -0.39 is 0 Å². The van der Waals surface area contributed by atoms with Crippen LogP contribution in [0.4, 0.5) is 0 Å². The number of β-amino-alcohol motifs (C(OH)–C–C–N with tert-alkyl or cyclic N) is 1. The average Bonchev–Trinajstić information content (AvgIpc) is 2.61. The van der Waals surface area contributed by atoms with Gasteiger partial charge in [-0.25, -0.2) is 0 Å². The number of nitrogens with zero attached hydrogens (tertiary/aromatic N) is 2. The Kier molecular flexibility index (Phi) is 5.84. The van der Waals surface area contributed by atoms with E-state index in [1.165, 1.54) is 25.7 Å². The lowest BCUT2D eigenvalue weighted by atomic mass is 9.80. The van der Waals surface area contributed by atoms with Gasteiger partial charge in [-0.1, -0.05) is 25.7 Å². The lowest BCUT2D eigenvalue weighted by Crippen LogP contribution is -2.45. The first-order valence-electron chi connectivity index (χ1n) is 8.22. The number of aliphatic hydroxyl groups excluding tert-OH is 2. The minimum Gasteiger partial charge on any atom is -0.396 e. The molecule has 2 rings (SSSR count). The van der Waals surface area contributed by atoms with E-state index >= 15 is 0 Å². The van der Waals surface area contributed by atoms with Gasteiger partial charge in [-0.3, -0.25) is 4.90 Å². The first kappa shape index (κ1) is 16.2. The van der Waals surface area contributed by atoms with Crippen LogP contribution < -0.4 is 0 Å². The van der Waals surface area contributed by atoms with Gasteiger partial charge in [0.05, 0.1) is 6.10 Å². The van der Waals surface area contributed by atoms with E-state index in [0.29, 0.717) is 12.6 Å². The standard InChI is InChI=1S/C16H32N2O2/c1-17(2)10-14-9-15(20)11-18(14)12-16(13-19)7-5-3-4-6-8-16/h14-15,19-20H,3-13H2,1-2H3. The van der Waals surface area contributed by atoms with Gasteiger partial charge >= 0.3 is 0 Å². The first-order valence-corrected chi connectivity index (χ1v) is 8.22. The van der Waals surface area contributed by atoms with E-state index in [0.717, 1.165) is 38.9 Å². The van der Waals surface area contributed by atoms with Gasteiger partial charge in [0.2, 0.25) is 0 Å². The molecule has 0 aromatic heterocycles. The fourth-order valence-corrected chi connectivity index (χ4v) is 4.04.